The highest BCUT2D eigenvalue weighted by molar-refractivity contribution is 9.10. The van der Waals surface area contributed by atoms with Crippen molar-refractivity contribution in [3.8, 4) is 5.75 Å². The van der Waals surface area contributed by atoms with Crippen molar-refractivity contribution in [1.82, 2.24) is 5.32 Å². The molecule has 1 N–H and O–H groups in total. The lowest BCUT2D eigenvalue weighted by Gasteiger charge is -2.34. The van der Waals surface area contributed by atoms with Crippen molar-refractivity contribution in [3.05, 3.63) is 28.2 Å². The highest BCUT2D eigenvalue weighted by Crippen LogP contribution is 2.27. The van der Waals surface area contributed by atoms with Crippen molar-refractivity contribution >= 4 is 15.9 Å². The van der Waals surface area contributed by atoms with Crippen LogP contribution in [-0.2, 0) is 11.3 Å². The zero-order valence-corrected chi connectivity index (χ0v) is 12.5. The predicted octanol–water partition coefficient (Wildman–Crippen LogP) is 3.12. The molecule has 0 saturated carbocycles. The van der Waals surface area contributed by atoms with Crippen LogP contribution in [0.1, 0.15) is 25.3 Å². The monoisotopic (exact) mass is 313 g/mol. The van der Waals surface area contributed by atoms with Gasteiger partial charge in [0.1, 0.15) is 5.75 Å². The van der Waals surface area contributed by atoms with Gasteiger partial charge in [-0.1, -0.05) is 6.07 Å². The molecule has 2 rings (SSSR count). The summed E-state index contributed by atoms with van der Waals surface area (Å²) in [5, 5.41) is 3.39. The molecule has 1 saturated heterocycles. The minimum Gasteiger partial charge on any atom is -0.496 e. The predicted molar refractivity (Wildman–Crippen MR) is 76.0 cm³/mol. The molecule has 0 amide bonds. The Labute approximate surface area is 117 Å². The maximum Gasteiger partial charge on any atom is 0.133 e. The third-order valence-corrected chi connectivity index (χ3v) is 3.98. The molecule has 1 unspecified atom stereocenters. The summed E-state index contributed by atoms with van der Waals surface area (Å²) >= 11 is 3.49. The molecule has 1 heterocycles. The molecule has 18 heavy (non-hydrogen) atoms. The molecule has 100 valence electrons. The lowest BCUT2D eigenvalue weighted by atomic mass is 9.96. The van der Waals surface area contributed by atoms with Crippen molar-refractivity contribution < 1.29 is 9.47 Å². The number of halogens is 1. The first-order valence-electron chi connectivity index (χ1n) is 6.30. The van der Waals surface area contributed by atoms with E-state index in [0.717, 1.165) is 35.3 Å². The summed E-state index contributed by atoms with van der Waals surface area (Å²) in [7, 11) is 1.67. The average molecular weight is 314 g/mol. The van der Waals surface area contributed by atoms with Crippen molar-refractivity contribution in [2.75, 3.05) is 20.2 Å². The third kappa shape index (κ3) is 3.46. The smallest absolute Gasteiger partial charge is 0.133 e. The number of nitrogens with one attached hydrogen (secondary N) is 1. The van der Waals surface area contributed by atoms with Gasteiger partial charge in [-0.3, -0.25) is 0 Å². The number of ether oxygens (including phenoxy) is 2. The summed E-state index contributed by atoms with van der Waals surface area (Å²) in [6.07, 6.45) is 2.31. The van der Waals surface area contributed by atoms with Gasteiger partial charge in [0, 0.05) is 6.54 Å². The molecule has 0 spiro atoms. The largest absolute Gasteiger partial charge is 0.496 e. The topological polar surface area (TPSA) is 30.5 Å². The number of benzene rings is 1. The number of rotatable bonds is 4. The van der Waals surface area contributed by atoms with Gasteiger partial charge < -0.3 is 14.8 Å². The molecular formula is C14H20BrNO2. The van der Waals surface area contributed by atoms with Crippen LogP contribution in [0.2, 0.25) is 0 Å². The van der Waals surface area contributed by atoms with Crippen LogP contribution < -0.4 is 10.1 Å². The number of piperidine rings is 1. The highest BCUT2D eigenvalue weighted by atomic mass is 79.9. The average Bonchev–Trinajstić information content (AvgIpc) is 2.38. The zero-order chi connectivity index (χ0) is 13.0. The molecule has 3 nitrogen and oxygen atoms in total. The molecular weight excluding hydrogens is 294 g/mol. The van der Waals surface area contributed by atoms with Crippen LogP contribution in [0.4, 0.5) is 0 Å². The fraction of sp³-hybridized carbons (Fsp3) is 0.571. The molecule has 1 aromatic carbocycles. The van der Waals surface area contributed by atoms with Crippen molar-refractivity contribution in [2.24, 2.45) is 0 Å². The van der Waals surface area contributed by atoms with E-state index in [4.69, 9.17) is 9.47 Å². The van der Waals surface area contributed by atoms with E-state index in [1.807, 2.05) is 12.1 Å². The fourth-order valence-electron chi connectivity index (χ4n) is 2.21. The van der Waals surface area contributed by atoms with E-state index < -0.39 is 0 Å². The van der Waals surface area contributed by atoms with Gasteiger partial charge in [0.25, 0.3) is 0 Å². The van der Waals surface area contributed by atoms with E-state index in [1.54, 1.807) is 7.11 Å². The molecule has 1 aliphatic heterocycles. The van der Waals surface area contributed by atoms with Crippen LogP contribution in [0.15, 0.2) is 22.7 Å². The Hall–Kier alpha value is -0.580. The summed E-state index contributed by atoms with van der Waals surface area (Å²) in [6.45, 7) is 4.86. The molecule has 4 heteroatoms. The molecule has 0 bridgehead atoms. The molecule has 1 fully saturated rings. The van der Waals surface area contributed by atoms with Crippen molar-refractivity contribution in [2.45, 2.75) is 32.0 Å². The van der Waals surface area contributed by atoms with E-state index in [0.29, 0.717) is 6.61 Å². The van der Waals surface area contributed by atoms with Gasteiger partial charge in [-0.05, 0) is 59.9 Å². The van der Waals surface area contributed by atoms with Crippen LogP contribution in [0.25, 0.3) is 0 Å². The Morgan fingerprint density at radius 3 is 2.89 bits per heavy atom. The van der Waals surface area contributed by atoms with Gasteiger partial charge in [0.2, 0.25) is 0 Å². The summed E-state index contributed by atoms with van der Waals surface area (Å²) in [5.74, 6) is 0.851. The van der Waals surface area contributed by atoms with Crippen LogP contribution in [-0.4, -0.2) is 25.8 Å². The van der Waals surface area contributed by atoms with Gasteiger partial charge in [-0.25, -0.2) is 0 Å². The molecule has 0 radical (unpaired) electrons. The second-order valence-electron chi connectivity index (χ2n) is 4.99. The molecule has 0 aliphatic carbocycles. The molecule has 1 atom stereocenters. The Kier molecular flexibility index (Phi) is 4.65. The third-order valence-electron chi connectivity index (χ3n) is 3.36. The van der Waals surface area contributed by atoms with E-state index in [-0.39, 0.29) is 5.60 Å². The lowest BCUT2D eigenvalue weighted by Crippen LogP contribution is -2.45. The van der Waals surface area contributed by atoms with Crippen molar-refractivity contribution in [1.29, 1.82) is 0 Å². The summed E-state index contributed by atoms with van der Waals surface area (Å²) in [4.78, 5) is 0. The SMILES string of the molecule is COc1ccc(COC2(C)CCCNC2)cc1Br. The van der Waals surface area contributed by atoms with E-state index in [1.165, 1.54) is 6.42 Å². The normalized spacial score (nSPS) is 23.9. The van der Waals surface area contributed by atoms with Gasteiger partial charge in [0.15, 0.2) is 0 Å². The molecule has 0 aromatic heterocycles. The second kappa shape index (κ2) is 6.04. The summed E-state index contributed by atoms with van der Waals surface area (Å²) < 4.78 is 12.2. The first kappa shape index (κ1) is 13.8. The highest BCUT2D eigenvalue weighted by Gasteiger charge is 2.27. The maximum absolute atomic E-state index is 6.06. The molecule has 1 aromatic rings. The van der Waals surface area contributed by atoms with E-state index >= 15 is 0 Å². The Morgan fingerprint density at radius 1 is 1.44 bits per heavy atom. The second-order valence-corrected chi connectivity index (χ2v) is 5.84. The van der Waals surface area contributed by atoms with Crippen LogP contribution in [0.3, 0.4) is 0 Å². The first-order valence-corrected chi connectivity index (χ1v) is 7.09. The van der Waals surface area contributed by atoms with Crippen molar-refractivity contribution in [3.63, 3.8) is 0 Å². The van der Waals surface area contributed by atoms with E-state index in [2.05, 4.69) is 34.2 Å². The zero-order valence-electron chi connectivity index (χ0n) is 11.0. The Bertz CT molecular complexity index is 403. The summed E-state index contributed by atoms with van der Waals surface area (Å²) in [6, 6.07) is 6.06. The number of hydrogen-bond acceptors (Lipinski definition) is 3. The quantitative estimate of drug-likeness (QED) is 0.926. The van der Waals surface area contributed by atoms with Gasteiger partial charge in [0.05, 0.1) is 23.8 Å². The lowest BCUT2D eigenvalue weighted by molar-refractivity contribution is -0.0571. The first-order chi connectivity index (χ1) is 8.63. The maximum atomic E-state index is 6.06. The minimum atomic E-state index is -0.0370. The fourth-order valence-corrected chi connectivity index (χ4v) is 2.80. The molecule has 1 aliphatic rings. The van der Waals surface area contributed by atoms with Gasteiger partial charge >= 0.3 is 0 Å². The number of hydrogen-bond donors (Lipinski definition) is 1. The Balaban J connectivity index is 1.95. The van der Waals surface area contributed by atoms with Crippen LogP contribution in [0, 0.1) is 0 Å². The van der Waals surface area contributed by atoms with Crippen LogP contribution in [0.5, 0.6) is 5.75 Å². The van der Waals surface area contributed by atoms with Gasteiger partial charge in [-0.2, -0.15) is 0 Å². The summed E-state index contributed by atoms with van der Waals surface area (Å²) in [5.41, 5.74) is 1.12. The Morgan fingerprint density at radius 2 is 2.28 bits per heavy atom. The number of methoxy groups -OCH3 is 1. The standard InChI is InChI=1S/C14H20BrNO2/c1-14(6-3-7-16-10-14)18-9-11-4-5-13(17-2)12(15)8-11/h4-5,8,16H,3,6-7,9-10H2,1-2H3. The van der Waals surface area contributed by atoms with Crippen LogP contribution >= 0.6 is 15.9 Å². The van der Waals surface area contributed by atoms with Gasteiger partial charge in [-0.15, -0.1) is 0 Å². The van der Waals surface area contributed by atoms with E-state index in [9.17, 15) is 0 Å². The minimum absolute atomic E-state index is 0.0370.